The Kier molecular flexibility index (Phi) is 4.57. The molecule has 0 aliphatic carbocycles. The van der Waals surface area contributed by atoms with E-state index in [4.69, 9.17) is 0 Å². The number of fused-ring (bicyclic) bond motifs is 1. The van der Waals surface area contributed by atoms with Crippen molar-refractivity contribution in [3.8, 4) is 0 Å². The van der Waals surface area contributed by atoms with Crippen LogP contribution >= 0.6 is 0 Å². The SMILES string of the molecule is C=C[S+](=O)([O-])NCc1ccc2c(c1)C(=O)N(C1CCC(=O)NC1=O)C2=O. The van der Waals surface area contributed by atoms with Crippen LogP contribution in [0.25, 0.3) is 0 Å². The Morgan fingerprint density at radius 2 is 1.96 bits per heavy atom. The molecule has 2 aliphatic rings. The van der Waals surface area contributed by atoms with E-state index in [1.807, 2.05) is 0 Å². The molecule has 10 heteroatoms. The van der Waals surface area contributed by atoms with Crippen LogP contribution in [0.1, 0.15) is 39.1 Å². The van der Waals surface area contributed by atoms with Gasteiger partial charge in [0.1, 0.15) is 21.8 Å². The van der Waals surface area contributed by atoms with Crippen molar-refractivity contribution in [2.45, 2.75) is 25.4 Å². The van der Waals surface area contributed by atoms with Gasteiger partial charge in [0.2, 0.25) is 11.8 Å². The fraction of sp³-hybridized carbons (Fsp3) is 0.250. The molecule has 0 aromatic heterocycles. The molecule has 2 unspecified atom stereocenters. The predicted molar refractivity (Wildman–Crippen MR) is 89.0 cm³/mol. The average Bonchev–Trinajstić information content (AvgIpc) is 2.84. The minimum absolute atomic E-state index is 0.0401. The smallest absolute Gasteiger partial charge is 0.262 e. The molecule has 26 heavy (non-hydrogen) atoms. The highest BCUT2D eigenvalue weighted by Crippen LogP contribution is 2.28. The summed E-state index contributed by atoms with van der Waals surface area (Å²) in [7, 11) is -3.63. The van der Waals surface area contributed by atoms with Crippen LogP contribution in [0, 0.1) is 0 Å². The van der Waals surface area contributed by atoms with Crippen molar-refractivity contribution < 1.29 is 27.9 Å². The first-order chi connectivity index (χ1) is 12.2. The molecule has 3 rings (SSSR count). The van der Waals surface area contributed by atoms with Gasteiger partial charge in [-0.1, -0.05) is 10.3 Å². The topological polar surface area (TPSA) is 136 Å². The zero-order valence-corrected chi connectivity index (χ0v) is 14.3. The molecule has 1 fully saturated rings. The van der Waals surface area contributed by atoms with E-state index >= 15 is 0 Å². The van der Waals surface area contributed by atoms with Crippen molar-refractivity contribution in [2.24, 2.45) is 0 Å². The van der Waals surface area contributed by atoms with E-state index in [2.05, 4.69) is 16.6 Å². The number of imide groups is 2. The molecule has 0 bridgehead atoms. The molecule has 1 aromatic carbocycles. The van der Waals surface area contributed by atoms with Gasteiger partial charge in [-0.2, -0.15) is 0 Å². The van der Waals surface area contributed by atoms with E-state index in [9.17, 15) is 27.9 Å². The van der Waals surface area contributed by atoms with Gasteiger partial charge in [-0.25, -0.2) is 0 Å². The third-order valence-electron chi connectivity index (χ3n) is 4.20. The second-order valence-electron chi connectivity index (χ2n) is 5.86. The van der Waals surface area contributed by atoms with Crippen molar-refractivity contribution in [3.05, 3.63) is 46.9 Å². The van der Waals surface area contributed by atoms with Crippen LogP contribution in [0.2, 0.25) is 0 Å². The van der Waals surface area contributed by atoms with Gasteiger partial charge in [-0.05, 0) is 30.7 Å². The van der Waals surface area contributed by atoms with E-state index in [0.29, 0.717) is 5.56 Å². The van der Waals surface area contributed by atoms with Crippen LogP contribution in [0.5, 0.6) is 0 Å². The minimum Gasteiger partial charge on any atom is -0.593 e. The molecule has 0 saturated carbocycles. The van der Waals surface area contributed by atoms with Crippen LogP contribution in [0.15, 0.2) is 30.2 Å². The number of benzene rings is 1. The summed E-state index contributed by atoms with van der Waals surface area (Å²) >= 11 is 0. The summed E-state index contributed by atoms with van der Waals surface area (Å²) in [5.74, 6) is -2.39. The molecule has 1 saturated heterocycles. The van der Waals surface area contributed by atoms with Crippen LogP contribution in [0.3, 0.4) is 0 Å². The molecule has 0 spiro atoms. The lowest BCUT2D eigenvalue weighted by atomic mass is 10.0. The zero-order valence-electron chi connectivity index (χ0n) is 13.5. The lowest BCUT2D eigenvalue weighted by molar-refractivity contribution is -0.136. The van der Waals surface area contributed by atoms with E-state index < -0.39 is 40.1 Å². The molecular weight excluding hydrogens is 362 g/mol. The first kappa shape index (κ1) is 18.1. The molecule has 0 radical (unpaired) electrons. The first-order valence-corrected chi connectivity index (χ1v) is 9.25. The van der Waals surface area contributed by atoms with E-state index in [0.717, 1.165) is 10.3 Å². The summed E-state index contributed by atoms with van der Waals surface area (Å²) in [6.45, 7) is 3.10. The van der Waals surface area contributed by atoms with Crippen molar-refractivity contribution in [3.63, 3.8) is 0 Å². The van der Waals surface area contributed by atoms with Crippen LogP contribution < -0.4 is 10.0 Å². The summed E-state index contributed by atoms with van der Waals surface area (Å²) in [5, 5.41) is 2.88. The Bertz CT molecular complexity index is 896. The standard InChI is InChI=1S/C16H15N3O6S/c1-2-26(24,25)17-8-9-3-4-10-11(7-9)16(23)19(15(10)22)12-5-6-13(20)18-14(12)21/h2-4,7,12H,1,5-6,8H2,(H2-,17,18,20,21,24,25). The Balaban J connectivity index is 1.84. The van der Waals surface area contributed by atoms with E-state index in [1.165, 1.54) is 18.2 Å². The van der Waals surface area contributed by atoms with Crippen molar-refractivity contribution in [1.82, 2.24) is 14.9 Å². The Morgan fingerprint density at radius 3 is 2.62 bits per heavy atom. The Hall–Kier alpha value is -2.69. The lowest BCUT2D eigenvalue weighted by Gasteiger charge is -2.27. The first-order valence-electron chi connectivity index (χ1n) is 7.70. The summed E-state index contributed by atoms with van der Waals surface area (Å²) in [6, 6.07) is 3.30. The number of piperidine rings is 1. The van der Waals surface area contributed by atoms with Crippen molar-refractivity contribution >= 4 is 34.0 Å². The number of hydrogen-bond donors (Lipinski definition) is 2. The number of carbonyl (C=O) groups excluding carboxylic acids is 4. The fourth-order valence-electron chi connectivity index (χ4n) is 2.87. The van der Waals surface area contributed by atoms with Crippen molar-refractivity contribution in [2.75, 3.05) is 0 Å². The van der Waals surface area contributed by atoms with Crippen LogP contribution in [0.4, 0.5) is 0 Å². The van der Waals surface area contributed by atoms with Gasteiger partial charge in [0.15, 0.2) is 0 Å². The van der Waals surface area contributed by atoms with Crippen molar-refractivity contribution in [1.29, 1.82) is 0 Å². The maximum absolute atomic E-state index is 12.6. The van der Waals surface area contributed by atoms with Gasteiger partial charge in [0, 0.05) is 6.42 Å². The van der Waals surface area contributed by atoms with Gasteiger partial charge in [0.05, 0.1) is 17.7 Å². The highest BCUT2D eigenvalue weighted by Gasteiger charge is 2.44. The highest BCUT2D eigenvalue weighted by atomic mass is 32.3. The highest BCUT2D eigenvalue weighted by molar-refractivity contribution is 7.98. The average molecular weight is 377 g/mol. The maximum atomic E-state index is 12.6. The summed E-state index contributed by atoms with van der Waals surface area (Å²) in [4.78, 5) is 49.2. The molecular formula is C16H15N3O6S. The number of nitrogens with zero attached hydrogens (tertiary/aromatic N) is 1. The number of amides is 4. The molecule has 136 valence electrons. The lowest BCUT2D eigenvalue weighted by Crippen LogP contribution is -2.54. The third-order valence-corrected chi connectivity index (χ3v) is 5.19. The van der Waals surface area contributed by atoms with Gasteiger partial charge in [0.25, 0.3) is 11.8 Å². The third kappa shape index (κ3) is 3.21. The second-order valence-corrected chi connectivity index (χ2v) is 7.57. The second kappa shape index (κ2) is 6.56. The number of carbonyl (C=O) groups is 4. The largest absolute Gasteiger partial charge is 0.593 e. The van der Waals surface area contributed by atoms with Gasteiger partial charge >= 0.3 is 0 Å². The minimum atomic E-state index is -3.63. The van der Waals surface area contributed by atoms with Gasteiger partial charge in [-0.15, -0.1) is 4.72 Å². The summed E-state index contributed by atoms with van der Waals surface area (Å²) < 4.78 is 25.1. The number of rotatable bonds is 5. The number of hydrogen-bond acceptors (Lipinski definition) is 6. The quantitative estimate of drug-likeness (QED) is 0.542. The summed E-state index contributed by atoms with van der Waals surface area (Å²) in [6.07, 6.45) is 0.112. The Morgan fingerprint density at radius 1 is 1.27 bits per heavy atom. The Labute approximate surface area is 149 Å². The monoisotopic (exact) mass is 377 g/mol. The number of nitrogens with one attached hydrogen (secondary N) is 2. The molecule has 2 atom stereocenters. The van der Waals surface area contributed by atoms with Gasteiger partial charge < -0.3 is 4.55 Å². The molecule has 2 heterocycles. The normalized spacial score (nSPS) is 22.0. The van der Waals surface area contributed by atoms with Gasteiger partial charge in [-0.3, -0.25) is 29.4 Å². The predicted octanol–water partition coefficient (Wildman–Crippen LogP) is -0.134. The van der Waals surface area contributed by atoms with Crippen LogP contribution in [-0.2, 0) is 30.7 Å². The van der Waals surface area contributed by atoms with E-state index in [1.54, 1.807) is 0 Å². The van der Waals surface area contributed by atoms with Crippen LogP contribution in [-0.4, -0.2) is 39.1 Å². The number of sulfonamides is 1. The zero-order chi connectivity index (χ0) is 19.1. The molecule has 4 amide bonds. The summed E-state index contributed by atoms with van der Waals surface area (Å²) in [5.41, 5.74) is 0.700. The fourth-order valence-corrected chi connectivity index (χ4v) is 3.36. The molecule has 9 nitrogen and oxygen atoms in total. The molecule has 2 N–H and O–H groups in total. The molecule has 2 aliphatic heterocycles. The van der Waals surface area contributed by atoms with E-state index in [-0.39, 0.29) is 30.5 Å². The maximum Gasteiger partial charge on any atom is 0.262 e. The molecule has 1 aromatic rings.